The lowest BCUT2D eigenvalue weighted by Crippen LogP contribution is -2.19. The summed E-state index contributed by atoms with van der Waals surface area (Å²) in [5, 5.41) is 2.52. The van der Waals surface area contributed by atoms with Crippen molar-refractivity contribution >= 4 is 11.6 Å². The van der Waals surface area contributed by atoms with Crippen molar-refractivity contribution in [3.63, 3.8) is 0 Å². The Balaban J connectivity index is 2.74. The van der Waals surface area contributed by atoms with E-state index >= 15 is 0 Å². The van der Waals surface area contributed by atoms with Gasteiger partial charge < -0.3 is 15.8 Å². The molecule has 1 aromatic carbocycles. The molecule has 1 aromatic rings. The fourth-order valence-corrected chi connectivity index (χ4v) is 1.23. The van der Waals surface area contributed by atoms with E-state index in [4.69, 9.17) is 10.5 Å². The first-order chi connectivity index (χ1) is 7.69. The maximum atomic E-state index is 11.4. The van der Waals surface area contributed by atoms with Crippen LogP contribution in [0.3, 0.4) is 0 Å². The third kappa shape index (κ3) is 3.02. The molecule has 0 aliphatic heterocycles. The van der Waals surface area contributed by atoms with Crippen molar-refractivity contribution in [2.24, 2.45) is 0 Å². The number of hydrogen-bond acceptors (Lipinski definition) is 3. The maximum Gasteiger partial charge on any atom is 0.253 e. The summed E-state index contributed by atoms with van der Waals surface area (Å²) in [4.78, 5) is 11.4. The van der Waals surface area contributed by atoms with E-state index in [2.05, 4.69) is 11.9 Å². The number of nitrogens with two attached hydrogens (primary N) is 1. The van der Waals surface area contributed by atoms with Gasteiger partial charge in [0.25, 0.3) is 5.91 Å². The highest BCUT2D eigenvalue weighted by Gasteiger charge is 2.08. The van der Waals surface area contributed by atoms with Gasteiger partial charge in [-0.2, -0.15) is 0 Å². The Bertz CT molecular complexity index is 389. The second-order valence-electron chi connectivity index (χ2n) is 3.25. The topological polar surface area (TPSA) is 64.3 Å². The van der Waals surface area contributed by atoms with E-state index in [1.54, 1.807) is 31.3 Å². The Labute approximate surface area is 95.1 Å². The lowest BCUT2D eigenvalue weighted by molar-refractivity contribution is 0.0964. The quantitative estimate of drug-likeness (QED) is 0.450. The molecule has 3 N–H and O–H groups in total. The van der Waals surface area contributed by atoms with Crippen molar-refractivity contribution in [2.75, 3.05) is 19.4 Å². The van der Waals surface area contributed by atoms with Crippen LogP contribution in [-0.2, 0) is 0 Å². The smallest absolute Gasteiger partial charge is 0.253 e. The maximum absolute atomic E-state index is 11.4. The first-order valence-electron chi connectivity index (χ1n) is 5.04. The molecule has 0 saturated carbocycles. The number of amides is 1. The van der Waals surface area contributed by atoms with Crippen LogP contribution in [0.1, 0.15) is 16.8 Å². The second-order valence-corrected chi connectivity index (χ2v) is 3.25. The van der Waals surface area contributed by atoms with Gasteiger partial charge >= 0.3 is 0 Å². The summed E-state index contributed by atoms with van der Waals surface area (Å²) >= 11 is 0. The molecule has 0 atom stereocenters. The van der Waals surface area contributed by atoms with Crippen LogP contribution in [0.2, 0.25) is 0 Å². The Morgan fingerprint density at radius 2 is 2.38 bits per heavy atom. The van der Waals surface area contributed by atoms with E-state index in [1.807, 2.05) is 0 Å². The molecule has 1 amide bonds. The van der Waals surface area contributed by atoms with Gasteiger partial charge in [0.2, 0.25) is 0 Å². The monoisotopic (exact) mass is 220 g/mol. The van der Waals surface area contributed by atoms with E-state index in [0.717, 1.165) is 6.42 Å². The Hall–Kier alpha value is -1.97. The normalized spacial score (nSPS) is 9.56. The second kappa shape index (κ2) is 5.80. The largest absolute Gasteiger partial charge is 0.493 e. The number of carbonyl (C=O) groups excluding carboxylic acids is 1. The molecule has 0 fully saturated rings. The Morgan fingerprint density at radius 1 is 1.62 bits per heavy atom. The van der Waals surface area contributed by atoms with Gasteiger partial charge in [-0.05, 0) is 18.6 Å². The molecule has 0 unspecified atom stereocenters. The van der Waals surface area contributed by atoms with Crippen LogP contribution in [0.4, 0.5) is 5.69 Å². The average molecular weight is 220 g/mol. The highest BCUT2D eigenvalue weighted by atomic mass is 16.5. The lowest BCUT2D eigenvalue weighted by atomic mass is 10.1. The molecule has 0 spiro atoms. The third-order valence-electron chi connectivity index (χ3n) is 2.09. The molecule has 16 heavy (non-hydrogen) atoms. The average Bonchev–Trinajstić information content (AvgIpc) is 2.29. The molecule has 0 heterocycles. The van der Waals surface area contributed by atoms with Gasteiger partial charge in [0.15, 0.2) is 0 Å². The van der Waals surface area contributed by atoms with Gasteiger partial charge in [-0.25, -0.2) is 0 Å². The minimum absolute atomic E-state index is 0.199. The predicted molar refractivity (Wildman–Crippen MR) is 64.6 cm³/mol. The molecule has 0 saturated heterocycles. The molecule has 0 bridgehead atoms. The zero-order valence-corrected chi connectivity index (χ0v) is 9.32. The zero-order valence-electron chi connectivity index (χ0n) is 9.32. The van der Waals surface area contributed by atoms with Gasteiger partial charge in [0, 0.05) is 18.8 Å². The van der Waals surface area contributed by atoms with Crippen LogP contribution in [0.15, 0.2) is 30.9 Å². The summed E-state index contributed by atoms with van der Waals surface area (Å²) in [7, 11) is 1.57. The molecule has 86 valence electrons. The standard InChI is InChI=1S/C12H16N2O2/c1-3-4-7-16-9-5-6-10(11(13)8-9)12(15)14-2/h3,5-6,8H,1,4,7,13H2,2H3,(H,14,15). The lowest BCUT2D eigenvalue weighted by Gasteiger charge is -2.08. The van der Waals surface area contributed by atoms with Gasteiger partial charge in [-0.3, -0.25) is 4.79 Å². The van der Waals surface area contributed by atoms with Crippen molar-refractivity contribution in [3.05, 3.63) is 36.4 Å². The molecule has 4 heteroatoms. The Morgan fingerprint density at radius 3 is 2.94 bits per heavy atom. The van der Waals surface area contributed by atoms with Crippen molar-refractivity contribution in [1.29, 1.82) is 0 Å². The summed E-state index contributed by atoms with van der Waals surface area (Å²) < 4.78 is 5.41. The highest BCUT2D eigenvalue weighted by Crippen LogP contribution is 2.19. The molecule has 0 aliphatic carbocycles. The van der Waals surface area contributed by atoms with Crippen molar-refractivity contribution in [2.45, 2.75) is 6.42 Å². The first-order valence-corrected chi connectivity index (χ1v) is 5.04. The number of hydrogen-bond donors (Lipinski definition) is 2. The van der Waals surface area contributed by atoms with E-state index < -0.39 is 0 Å². The van der Waals surface area contributed by atoms with E-state index in [-0.39, 0.29) is 5.91 Å². The SMILES string of the molecule is C=CCCOc1ccc(C(=O)NC)c(N)c1. The molecular formula is C12H16N2O2. The van der Waals surface area contributed by atoms with Crippen LogP contribution in [0, 0.1) is 0 Å². The minimum Gasteiger partial charge on any atom is -0.493 e. The van der Waals surface area contributed by atoms with Gasteiger partial charge in [0.05, 0.1) is 12.2 Å². The number of nitrogen functional groups attached to an aromatic ring is 1. The number of benzene rings is 1. The van der Waals surface area contributed by atoms with Crippen molar-refractivity contribution in [1.82, 2.24) is 5.32 Å². The molecule has 0 aromatic heterocycles. The molecular weight excluding hydrogens is 204 g/mol. The van der Waals surface area contributed by atoms with Crippen LogP contribution >= 0.6 is 0 Å². The number of carbonyl (C=O) groups is 1. The summed E-state index contributed by atoms with van der Waals surface area (Å²) in [6, 6.07) is 5.02. The molecule has 1 rings (SSSR count). The number of anilines is 1. The zero-order chi connectivity index (χ0) is 12.0. The highest BCUT2D eigenvalue weighted by molar-refractivity contribution is 5.99. The minimum atomic E-state index is -0.199. The van der Waals surface area contributed by atoms with Crippen molar-refractivity contribution in [3.8, 4) is 5.75 Å². The summed E-state index contributed by atoms with van der Waals surface area (Å²) in [5.41, 5.74) is 6.61. The summed E-state index contributed by atoms with van der Waals surface area (Å²) in [6.45, 7) is 4.16. The van der Waals surface area contributed by atoms with Crippen molar-refractivity contribution < 1.29 is 9.53 Å². The fraction of sp³-hybridized carbons (Fsp3) is 0.250. The van der Waals surface area contributed by atoms with Crippen LogP contribution in [0.5, 0.6) is 5.75 Å². The van der Waals surface area contributed by atoms with E-state index in [0.29, 0.717) is 23.6 Å². The van der Waals surface area contributed by atoms with E-state index in [9.17, 15) is 4.79 Å². The fourth-order valence-electron chi connectivity index (χ4n) is 1.23. The van der Waals surface area contributed by atoms with Crippen LogP contribution < -0.4 is 15.8 Å². The summed E-state index contributed by atoms with van der Waals surface area (Å²) in [5.74, 6) is 0.460. The first kappa shape index (κ1) is 12.1. The molecule has 0 aliphatic rings. The van der Waals surface area contributed by atoms with Gasteiger partial charge in [-0.1, -0.05) is 6.08 Å². The molecule has 0 radical (unpaired) electrons. The third-order valence-corrected chi connectivity index (χ3v) is 2.09. The Kier molecular flexibility index (Phi) is 4.39. The van der Waals surface area contributed by atoms with Crippen LogP contribution in [-0.4, -0.2) is 19.6 Å². The van der Waals surface area contributed by atoms with Crippen LogP contribution in [0.25, 0.3) is 0 Å². The van der Waals surface area contributed by atoms with Gasteiger partial charge in [0.1, 0.15) is 5.75 Å². The number of rotatable bonds is 5. The predicted octanol–water partition coefficient (Wildman–Crippen LogP) is 1.58. The number of nitrogens with one attached hydrogen (secondary N) is 1. The van der Waals surface area contributed by atoms with Gasteiger partial charge in [-0.15, -0.1) is 6.58 Å². The number of ether oxygens (including phenoxy) is 1. The van der Waals surface area contributed by atoms with E-state index in [1.165, 1.54) is 0 Å². The molecule has 4 nitrogen and oxygen atoms in total. The summed E-state index contributed by atoms with van der Waals surface area (Å²) in [6.07, 6.45) is 2.55.